The molecule has 5 rings (SSSR count). The van der Waals surface area contributed by atoms with Crippen LogP contribution in [0, 0.1) is 0 Å². The van der Waals surface area contributed by atoms with Crippen LogP contribution in [0.25, 0.3) is 11.6 Å². The summed E-state index contributed by atoms with van der Waals surface area (Å²) in [4.78, 5) is 22.7. The van der Waals surface area contributed by atoms with E-state index in [1.807, 2.05) is 78.9 Å². The van der Waals surface area contributed by atoms with Crippen molar-refractivity contribution in [1.82, 2.24) is 0 Å². The molecule has 0 aliphatic carbocycles. The third-order valence-corrected chi connectivity index (χ3v) is 4.79. The Morgan fingerprint density at radius 3 is 2.21 bits per heavy atom. The van der Waals surface area contributed by atoms with Crippen LogP contribution in [0.2, 0.25) is 5.02 Å². The van der Waals surface area contributed by atoms with Crippen LogP contribution in [0.5, 0.6) is 0 Å². The number of nitrogens with one attached hydrogen (secondary N) is 2. The maximum Gasteiger partial charge on any atom is 0.256 e. The molecule has 0 spiro atoms. The molecule has 0 fully saturated rings. The molecule has 2 aliphatic rings. The van der Waals surface area contributed by atoms with Gasteiger partial charge in [0.2, 0.25) is 5.91 Å². The summed E-state index contributed by atoms with van der Waals surface area (Å²) in [5.41, 5.74) is 5.52. The van der Waals surface area contributed by atoms with Crippen molar-refractivity contribution in [3.63, 3.8) is 0 Å². The SMILES string of the molecule is O=C1Cc2ccccc2N1.O=C1Nc2ccccc2/C1=C/c1ccc(Cl)cc1. The second-order valence-electron chi connectivity index (χ2n) is 6.49. The topological polar surface area (TPSA) is 58.2 Å². The van der Waals surface area contributed by atoms with Gasteiger partial charge in [0.15, 0.2) is 0 Å². The summed E-state index contributed by atoms with van der Waals surface area (Å²) in [6.45, 7) is 0. The number of amides is 2. The van der Waals surface area contributed by atoms with E-state index in [1.165, 1.54) is 0 Å². The molecule has 0 bridgehead atoms. The molecule has 138 valence electrons. The van der Waals surface area contributed by atoms with E-state index in [1.54, 1.807) is 0 Å². The van der Waals surface area contributed by atoms with Crippen LogP contribution < -0.4 is 10.6 Å². The van der Waals surface area contributed by atoms with Gasteiger partial charge in [-0.3, -0.25) is 9.59 Å². The summed E-state index contributed by atoms with van der Waals surface area (Å²) in [7, 11) is 0. The first kappa shape index (κ1) is 18.0. The molecule has 0 radical (unpaired) electrons. The van der Waals surface area contributed by atoms with Gasteiger partial charge in [-0.15, -0.1) is 0 Å². The van der Waals surface area contributed by atoms with Crippen molar-refractivity contribution >= 4 is 46.4 Å². The first-order chi connectivity index (χ1) is 13.6. The Hall–Kier alpha value is -3.37. The molecule has 0 aromatic heterocycles. The van der Waals surface area contributed by atoms with Crippen LogP contribution in [0.15, 0.2) is 72.8 Å². The Morgan fingerprint density at radius 1 is 0.786 bits per heavy atom. The van der Waals surface area contributed by atoms with Gasteiger partial charge in [0.1, 0.15) is 0 Å². The molecule has 28 heavy (non-hydrogen) atoms. The minimum Gasteiger partial charge on any atom is -0.326 e. The van der Waals surface area contributed by atoms with Crippen molar-refractivity contribution < 1.29 is 9.59 Å². The number of hydrogen-bond acceptors (Lipinski definition) is 2. The summed E-state index contributed by atoms with van der Waals surface area (Å²) in [6, 6.07) is 22.8. The quantitative estimate of drug-likeness (QED) is 0.575. The first-order valence-electron chi connectivity index (χ1n) is 8.86. The highest BCUT2D eigenvalue weighted by molar-refractivity contribution is 6.35. The number of benzene rings is 3. The van der Waals surface area contributed by atoms with Gasteiger partial charge in [-0.25, -0.2) is 0 Å². The molecular weight excluding hydrogens is 372 g/mol. The van der Waals surface area contributed by atoms with E-state index < -0.39 is 0 Å². The normalized spacial score (nSPS) is 15.2. The molecule has 2 N–H and O–H groups in total. The maximum absolute atomic E-state index is 11.9. The third kappa shape index (κ3) is 3.82. The van der Waals surface area contributed by atoms with Crippen molar-refractivity contribution in [2.75, 3.05) is 10.6 Å². The second-order valence-corrected chi connectivity index (χ2v) is 6.93. The largest absolute Gasteiger partial charge is 0.326 e. The highest BCUT2D eigenvalue weighted by atomic mass is 35.5. The molecular formula is C23H17ClN2O2. The van der Waals surface area contributed by atoms with Gasteiger partial charge in [-0.1, -0.05) is 60.1 Å². The second kappa shape index (κ2) is 7.71. The zero-order valence-corrected chi connectivity index (χ0v) is 15.7. The molecule has 4 nitrogen and oxygen atoms in total. The fourth-order valence-electron chi connectivity index (χ4n) is 3.17. The van der Waals surface area contributed by atoms with Gasteiger partial charge in [0.25, 0.3) is 5.91 Å². The van der Waals surface area contributed by atoms with E-state index in [0.29, 0.717) is 17.0 Å². The van der Waals surface area contributed by atoms with Crippen LogP contribution in [-0.4, -0.2) is 11.8 Å². The number of halogens is 1. The average molecular weight is 389 g/mol. The van der Waals surface area contributed by atoms with Crippen LogP contribution in [0.3, 0.4) is 0 Å². The van der Waals surface area contributed by atoms with Crippen molar-refractivity contribution in [3.8, 4) is 0 Å². The number of para-hydroxylation sites is 2. The van der Waals surface area contributed by atoms with Gasteiger partial charge < -0.3 is 10.6 Å². The summed E-state index contributed by atoms with van der Waals surface area (Å²) in [5.74, 6) is 0.0346. The predicted molar refractivity (Wildman–Crippen MR) is 113 cm³/mol. The smallest absolute Gasteiger partial charge is 0.256 e. The van der Waals surface area contributed by atoms with Crippen molar-refractivity contribution in [2.45, 2.75) is 6.42 Å². The van der Waals surface area contributed by atoms with E-state index in [9.17, 15) is 9.59 Å². The van der Waals surface area contributed by atoms with E-state index in [4.69, 9.17) is 11.6 Å². The fraction of sp³-hybridized carbons (Fsp3) is 0.0435. The van der Waals surface area contributed by atoms with Gasteiger partial charge in [-0.05, 0) is 41.5 Å². The fourth-order valence-corrected chi connectivity index (χ4v) is 3.30. The lowest BCUT2D eigenvalue weighted by molar-refractivity contribution is -0.115. The molecule has 0 unspecified atom stereocenters. The Labute approximate surface area is 167 Å². The molecule has 2 amide bonds. The molecule has 2 aliphatic heterocycles. The van der Waals surface area contributed by atoms with Crippen LogP contribution in [-0.2, 0) is 16.0 Å². The van der Waals surface area contributed by atoms with E-state index in [2.05, 4.69) is 10.6 Å². The molecule has 2 heterocycles. The van der Waals surface area contributed by atoms with Gasteiger partial charge in [0, 0.05) is 27.5 Å². The standard InChI is InChI=1S/C15H10ClNO.C8H7NO/c16-11-7-5-10(6-8-11)9-13-12-3-1-2-4-14(12)17-15(13)18;10-8-5-6-3-1-2-4-7(6)9-8/h1-9H,(H,17,18);1-4H,5H2,(H,9,10)/b13-9-;. The summed E-state index contributed by atoms with van der Waals surface area (Å²) in [5, 5.41) is 6.29. The minimum absolute atomic E-state index is 0.0637. The maximum atomic E-state index is 11.9. The van der Waals surface area contributed by atoms with Gasteiger partial charge in [-0.2, -0.15) is 0 Å². The summed E-state index contributed by atoms with van der Waals surface area (Å²) in [6.07, 6.45) is 2.41. The Morgan fingerprint density at radius 2 is 1.46 bits per heavy atom. The molecule has 3 aromatic carbocycles. The number of fused-ring (bicyclic) bond motifs is 2. The van der Waals surface area contributed by atoms with E-state index in [-0.39, 0.29) is 11.8 Å². The zero-order chi connectivity index (χ0) is 19.5. The number of hydrogen-bond donors (Lipinski definition) is 2. The van der Waals surface area contributed by atoms with Crippen molar-refractivity contribution in [1.29, 1.82) is 0 Å². The third-order valence-electron chi connectivity index (χ3n) is 4.53. The van der Waals surface area contributed by atoms with Crippen LogP contribution in [0.1, 0.15) is 16.7 Å². The monoisotopic (exact) mass is 388 g/mol. The first-order valence-corrected chi connectivity index (χ1v) is 9.24. The van der Waals surface area contributed by atoms with Crippen molar-refractivity contribution in [3.05, 3.63) is 94.5 Å². The Balaban J connectivity index is 0.000000162. The highest BCUT2D eigenvalue weighted by Gasteiger charge is 2.23. The number of carbonyl (C=O) groups excluding carboxylic acids is 2. The summed E-state index contributed by atoms with van der Waals surface area (Å²) < 4.78 is 0. The minimum atomic E-state index is -0.0637. The number of carbonyl (C=O) groups is 2. The van der Waals surface area contributed by atoms with Crippen LogP contribution in [0.4, 0.5) is 11.4 Å². The predicted octanol–water partition coefficient (Wildman–Crippen LogP) is 5.01. The lowest BCUT2D eigenvalue weighted by atomic mass is 10.0. The average Bonchev–Trinajstić information content (AvgIpc) is 3.23. The Kier molecular flexibility index (Phi) is 4.96. The van der Waals surface area contributed by atoms with Gasteiger partial charge >= 0.3 is 0 Å². The molecule has 0 saturated carbocycles. The van der Waals surface area contributed by atoms with Crippen LogP contribution >= 0.6 is 11.6 Å². The Bertz CT molecular complexity index is 1060. The lowest BCUT2D eigenvalue weighted by Gasteiger charge is -1.98. The van der Waals surface area contributed by atoms with E-state index in [0.717, 1.165) is 28.1 Å². The summed E-state index contributed by atoms with van der Waals surface area (Å²) >= 11 is 5.84. The van der Waals surface area contributed by atoms with E-state index >= 15 is 0 Å². The van der Waals surface area contributed by atoms with Crippen molar-refractivity contribution in [2.24, 2.45) is 0 Å². The molecule has 3 aromatic rings. The molecule has 0 saturated heterocycles. The molecule has 5 heteroatoms. The zero-order valence-electron chi connectivity index (χ0n) is 14.9. The lowest BCUT2D eigenvalue weighted by Crippen LogP contribution is -2.03. The van der Waals surface area contributed by atoms with Gasteiger partial charge in [0.05, 0.1) is 6.42 Å². The highest BCUT2D eigenvalue weighted by Crippen LogP contribution is 2.32. The number of rotatable bonds is 1. The number of anilines is 2. The molecule has 0 atom stereocenters.